The average Bonchev–Trinajstić information content (AvgIpc) is 2.75. The van der Waals surface area contributed by atoms with Gasteiger partial charge in [0, 0.05) is 29.9 Å². The number of rotatable bonds is 4. The number of nitrogens with zero attached hydrogens (tertiary/aromatic N) is 1. The Balaban J connectivity index is 1.50. The normalized spacial score (nSPS) is 26.8. The monoisotopic (exact) mass is 446 g/mol. The predicted molar refractivity (Wildman–Crippen MR) is 141 cm³/mol. The van der Waals surface area contributed by atoms with Crippen LogP contribution in [0.5, 0.6) is 0 Å². The lowest BCUT2D eigenvalue weighted by Crippen LogP contribution is -2.54. The summed E-state index contributed by atoms with van der Waals surface area (Å²) in [6.45, 7) is 22.4. The first-order valence-corrected chi connectivity index (χ1v) is 12.5. The Morgan fingerprint density at radius 2 is 1.88 bits per heavy atom. The molecule has 1 aliphatic carbocycles. The van der Waals surface area contributed by atoms with Gasteiger partial charge >= 0.3 is 0 Å². The Bertz CT molecular complexity index is 954. The second kappa shape index (κ2) is 9.06. The number of allylic oxidation sites excluding steroid dienone is 2. The summed E-state index contributed by atoms with van der Waals surface area (Å²) < 4.78 is 0. The lowest BCUT2D eigenvalue weighted by Gasteiger charge is -2.49. The van der Waals surface area contributed by atoms with Crippen LogP contribution in [0, 0.1) is 12.3 Å². The summed E-state index contributed by atoms with van der Waals surface area (Å²) in [6, 6.07) is 7.43. The molecule has 2 fully saturated rings. The van der Waals surface area contributed by atoms with E-state index in [2.05, 4.69) is 105 Å². The minimum absolute atomic E-state index is 0.200. The van der Waals surface area contributed by atoms with E-state index in [4.69, 9.17) is 0 Å². The highest BCUT2D eigenvalue weighted by atomic mass is 15.3. The van der Waals surface area contributed by atoms with E-state index in [9.17, 15) is 0 Å². The minimum Gasteiger partial charge on any atom is -0.378 e. The fourth-order valence-electron chi connectivity index (χ4n) is 5.69. The first-order chi connectivity index (χ1) is 15.6. The first-order valence-electron chi connectivity index (χ1n) is 12.5. The second-order valence-electron chi connectivity index (χ2n) is 11.2. The first kappa shape index (κ1) is 23.7. The van der Waals surface area contributed by atoms with Crippen molar-refractivity contribution in [3.63, 3.8) is 0 Å². The van der Waals surface area contributed by atoms with Gasteiger partial charge in [-0.05, 0) is 74.4 Å². The maximum absolute atomic E-state index is 4.49. The van der Waals surface area contributed by atoms with Crippen molar-refractivity contribution in [3.05, 3.63) is 77.8 Å². The molecule has 1 aromatic carbocycles. The third-order valence-electron chi connectivity index (χ3n) is 7.52. The highest BCUT2D eigenvalue weighted by molar-refractivity contribution is 5.58. The van der Waals surface area contributed by atoms with E-state index >= 15 is 0 Å². The van der Waals surface area contributed by atoms with Crippen molar-refractivity contribution in [2.24, 2.45) is 5.41 Å². The molecule has 2 atom stereocenters. The highest BCUT2D eigenvalue weighted by Crippen LogP contribution is 2.40. The van der Waals surface area contributed by atoms with Crippen molar-refractivity contribution in [2.75, 3.05) is 18.4 Å². The number of anilines is 1. The fourth-order valence-corrected chi connectivity index (χ4v) is 5.69. The van der Waals surface area contributed by atoms with Gasteiger partial charge in [0.25, 0.3) is 0 Å². The number of hydrogen-bond acceptors (Lipinski definition) is 4. The zero-order valence-electron chi connectivity index (χ0n) is 21.2. The van der Waals surface area contributed by atoms with Gasteiger partial charge < -0.3 is 20.9 Å². The summed E-state index contributed by atoms with van der Waals surface area (Å²) in [6.07, 6.45) is 11.1. The SMILES string of the molecule is C=C1CC(C)(c2cccc(NC3C=CC(C(C)(C)C)=CC3)c2C)NC(=C)N1C1CCNCC1. The summed E-state index contributed by atoms with van der Waals surface area (Å²) >= 11 is 0. The molecule has 4 heteroatoms. The molecule has 33 heavy (non-hydrogen) atoms. The Morgan fingerprint density at radius 3 is 2.48 bits per heavy atom. The van der Waals surface area contributed by atoms with Gasteiger partial charge in [-0.2, -0.15) is 0 Å². The Hall–Kier alpha value is -2.46. The van der Waals surface area contributed by atoms with Gasteiger partial charge in [-0.25, -0.2) is 0 Å². The van der Waals surface area contributed by atoms with E-state index in [1.54, 1.807) is 0 Å². The fraction of sp³-hybridized carbons (Fsp3) is 0.517. The molecule has 0 radical (unpaired) electrons. The molecule has 2 aliphatic heterocycles. The van der Waals surface area contributed by atoms with E-state index in [0.717, 1.165) is 44.6 Å². The molecule has 4 rings (SSSR count). The summed E-state index contributed by atoms with van der Waals surface area (Å²) in [5.74, 6) is 0.980. The van der Waals surface area contributed by atoms with Crippen LogP contribution in [0.25, 0.3) is 0 Å². The molecule has 0 saturated carbocycles. The van der Waals surface area contributed by atoms with Crippen LogP contribution >= 0.6 is 0 Å². The van der Waals surface area contributed by atoms with Crippen molar-refractivity contribution in [1.29, 1.82) is 0 Å². The van der Waals surface area contributed by atoms with Crippen molar-refractivity contribution in [1.82, 2.24) is 15.5 Å². The predicted octanol–water partition coefficient (Wildman–Crippen LogP) is 5.96. The van der Waals surface area contributed by atoms with E-state index in [1.807, 2.05) is 0 Å². The summed E-state index contributed by atoms with van der Waals surface area (Å²) in [5.41, 5.74) is 6.37. The summed E-state index contributed by atoms with van der Waals surface area (Å²) in [5, 5.41) is 11.0. The molecule has 1 aromatic rings. The molecular weight excluding hydrogens is 404 g/mol. The molecule has 0 spiro atoms. The number of hydrogen-bond donors (Lipinski definition) is 3. The van der Waals surface area contributed by atoms with Crippen LogP contribution in [0.1, 0.15) is 64.5 Å². The van der Waals surface area contributed by atoms with Crippen molar-refractivity contribution in [2.45, 2.75) is 77.9 Å². The van der Waals surface area contributed by atoms with Crippen LogP contribution < -0.4 is 16.0 Å². The molecule has 3 N–H and O–H groups in total. The van der Waals surface area contributed by atoms with E-state index < -0.39 is 0 Å². The topological polar surface area (TPSA) is 39.3 Å². The summed E-state index contributed by atoms with van der Waals surface area (Å²) in [7, 11) is 0. The summed E-state index contributed by atoms with van der Waals surface area (Å²) in [4.78, 5) is 2.35. The second-order valence-corrected chi connectivity index (χ2v) is 11.2. The third-order valence-corrected chi connectivity index (χ3v) is 7.52. The van der Waals surface area contributed by atoms with Gasteiger partial charge in [0.2, 0.25) is 0 Å². The maximum Gasteiger partial charge on any atom is 0.0990 e. The lowest BCUT2D eigenvalue weighted by molar-refractivity contribution is 0.172. The average molecular weight is 447 g/mol. The van der Waals surface area contributed by atoms with E-state index in [0.29, 0.717) is 12.1 Å². The van der Waals surface area contributed by atoms with Crippen LogP contribution in [-0.2, 0) is 5.54 Å². The molecule has 178 valence electrons. The van der Waals surface area contributed by atoms with Gasteiger partial charge in [0.1, 0.15) is 0 Å². The zero-order valence-corrected chi connectivity index (χ0v) is 21.2. The van der Waals surface area contributed by atoms with Crippen LogP contribution in [0.4, 0.5) is 5.69 Å². The molecule has 2 unspecified atom stereocenters. The highest BCUT2D eigenvalue weighted by Gasteiger charge is 2.39. The van der Waals surface area contributed by atoms with Gasteiger partial charge in [-0.3, -0.25) is 0 Å². The number of nitrogens with one attached hydrogen (secondary N) is 3. The Kier molecular flexibility index (Phi) is 6.50. The number of benzene rings is 1. The van der Waals surface area contributed by atoms with Crippen molar-refractivity contribution in [3.8, 4) is 0 Å². The zero-order chi connectivity index (χ0) is 23.8. The quantitative estimate of drug-likeness (QED) is 0.534. The van der Waals surface area contributed by atoms with Crippen LogP contribution in [0.15, 0.2) is 66.7 Å². The third kappa shape index (κ3) is 4.91. The molecule has 2 heterocycles. The van der Waals surface area contributed by atoms with Crippen LogP contribution in [-0.4, -0.2) is 30.1 Å². The van der Waals surface area contributed by atoms with Gasteiger partial charge in [0.05, 0.1) is 11.4 Å². The van der Waals surface area contributed by atoms with Gasteiger partial charge in [-0.15, -0.1) is 0 Å². The Morgan fingerprint density at radius 1 is 1.15 bits per heavy atom. The molecular formula is C29H42N4. The molecule has 3 aliphatic rings. The minimum atomic E-state index is -0.221. The van der Waals surface area contributed by atoms with Crippen molar-refractivity contribution < 1.29 is 0 Å². The molecule has 2 saturated heterocycles. The van der Waals surface area contributed by atoms with Crippen LogP contribution in [0.3, 0.4) is 0 Å². The van der Waals surface area contributed by atoms with Crippen molar-refractivity contribution >= 4 is 5.69 Å². The molecule has 0 bridgehead atoms. The van der Waals surface area contributed by atoms with E-state index in [-0.39, 0.29) is 11.0 Å². The number of piperidine rings is 1. The van der Waals surface area contributed by atoms with Crippen LogP contribution in [0.2, 0.25) is 0 Å². The van der Waals surface area contributed by atoms with E-state index in [1.165, 1.54) is 28.1 Å². The largest absolute Gasteiger partial charge is 0.378 e. The smallest absolute Gasteiger partial charge is 0.0990 e. The van der Waals surface area contributed by atoms with Gasteiger partial charge in [0.15, 0.2) is 0 Å². The molecule has 0 aromatic heterocycles. The standard InChI is InChI=1S/C29H42N4/c1-20-19-29(7,32-22(3)33(20)25-15-17-30-18-16-25)26-9-8-10-27(21(26)2)31-24-13-11-23(12-14-24)28(4,5)6/h8-13,24-25,30-32H,1,3,14-19H2,2,4-7H3. The lowest BCUT2D eigenvalue weighted by atomic mass is 9.81. The van der Waals surface area contributed by atoms with Gasteiger partial charge in [-0.1, -0.05) is 64.3 Å². The molecule has 4 nitrogen and oxygen atoms in total. The molecule has 0 amide bonds. The maximum atomic E-state index is 4.49. The Labute approximate surface area is 200 Å².